The number of anilines is 1. The molecule has 114 valence electrons. The summed E-state index contributed by atoms with van der Waals surface area (Å²) in [5, 5.41) is 13.1. The van der Waals surface area contributed by atoms with Crippen LogP contribution in [0.15, 0.2) is 72.4 Å². The van der Waals surface area contributed by atoms with Crippen LogP contribution in [0.5, 0.6) is 0 Å². The molecule has 0 bridgehead atoms. The number of benzene rings is 2. The van der Waals surface area contributed by atoms with Crippen molar-refractivity contribution in [3.63, 3.8) is 0 Å². The van der Waals surface area contributed by atoms with Gasteiger partial charge in [0.05, 0.1) is 23.8 Å². The molecule has 0 spiro atoms. The van der Waals surface area contributed by atoms with Gasteiger partial charge in [0.15, 0.2) is 0 Å². The molecule has 0 saturated carbocycles. The van der Waals surface area contributed by atoms with Gasteiger partial charge in [-0.15, -0.1) is 0 Å². The van der Waals surface area contributed by atoms with Crippen LogP contribution in [0.2, 0.25) is 0 Å². The number of hydrogen-bond donors (Lipinski definition) is 2. The standard InChI is InChI=1S/C17H14N4O2/c22-17(23)14-2-1-3-15(10-14)20-19-11-13-4-6-16(7-5-13)21-9-8-18-12-21/h1-12,20H,(H,22,23). The molecular weight excluding hydrogens is 292 g/mol. The fourth-order valence-electron chi connectivity index (χ4n) is 2.05. The Balaban J connectivity index is 1.66. The Bertz CT molecular complexity index is 824. The van der Waals surface area contributed by atoms with Gasteiger partial charge in [-0.3, -0.25) is 5.43 Å². The van der Waals surface area contributed by atoms with Crippen molar-refractivity contribution in [1.29, 1.82) is 0 Å². The summed E-state index contributed by atoms with van der Waals surface area (Å²) in [5.41, 5.74) is 5.60. The summed E-state index contributed by atoms with van der Waals surface area (Å²) in [6.45, 7) is 0. The van der Waals surface area contributed by atoms with Gasteiger partial charge in [0.1, 0.15) is 0 Å². The average molecular weight is 306 g/mol. The van der Waals surface area contributed by atoms with Crippen molar-refractivity contribution in [2.24, 2.45) is 5.10 Å². The van der Waals surface area contributed by atoms with Crippen molar-refractivity contribution in [2.45, 2.75) is 0 Å². The van der Waals surface area contributed by atoms with E-state index in [2.05, 4.69) is 15.5 Å². The molecule has 0 unspecified atom stereocenters. The van der Waals surface area contributed by atoms with Crippen molar-refractivity contribution >= 4 is 17.9 Å². The Labute approximate surface area is 132 Å². The SMILES string of the molecule is O=C(O)c1cccc(NN=Cc2ccc(-n3ccnc3)cc2)c1. The van der Waals surface area contributed by atoms with Gasteiger partial charge >= 0.3 is 5.97 Å². The molecule has 1 heterocycles. The van der Waals surface area contributed by atoms with Crippen LogP contribution in [0.3, 0.4) is 0 Å². The van der Waals surface area contributed by atoms with E-state index < -0.39 is 5.97 Å². The molecule has 0 radical (unpaired) electrons. The van der Waals surface area contributed by atoms with Gasteiger partial charge in [-0.2, -0.15) is 5.10 Å². The first-order valence-electron chi connectivity index (χ1n) is 6.93. The Morgan fingerprint density at radius 2 is 2.04 bits per heavy atom. The van der Waals surface area contributed by atoms with Gasteiger partial charge in [0.2, 0.25) is 0 Å². The first kappa shape index (κ1) is 14.5. The molecule has 0 saturated heterocycles. The third kappa shape index (κ3) is 3.62. The van der Waals surface area contributed by atoms with Crippen LogP contribution in [-0.4, -0.2) is 26.8 Å². The van der Waals surface area contributed by atoms with Crippen LogP contribution < -0.4 is 5.43 Å². The predicted octanol–water partition coefficient (Wildman–Crippen LogP) is 3.02. The molecule has 3 rings (SSSR count). The number of aromatic nitrogens is 2. The van der Waals surface area contributed by atoms with Gasteiger partial charge in [-0.1, -0.05) is 18.2 Å². The number of nitrogens with zero attached hydrogens (tertiary/aromatic N) is 3. The summed E-state index contributed by atoms with van der Waals surface area (Å²) in [4.78, 5) is 14.9. The summed E-state index contributed by atoms with van der Waals surface area (Å²) < 4.78 is 1.91. The van der Waals surface area contributed by atoms with E-state index in [-0.39, 0.29) is 5.56 Å². The smallest absolute Gasteiger partial charge is 0.335 e. The Hall–Kier alpha value is -3.41. The molecule has 0 amide bonds. The van der Waals surface area contributed by atoms with E-state index in [4.69, 9.17) is 5.11 Å². The summed E-state index contributed by atoms with van der Waals surface area (Å²) in [6.07, 6.45) is 7.01. The minimum atomic E-state index is -0.965. The molecule has 0 aliphatic heterocycles. The van der Waals surface area contributed by atoms with Gasteiger partial charge in [0, 0.05) is 18.1 Å². The fraction of sp³-hybridized carbons (Fsp3) is 0. The number of hydrazone groups is 1. The molecule has 6 heteroatoms. The monoisotopic (exact) mass is 306 g/mol. The second-order valence-corrected chi connectivity index (χ2v) is 4.82. The molecule has 0 fully saturated rings. The van der Waals surface area contributed by atoms with E-state index in [1.54, 1.807) is 30.9 Å². The van der Waals surface area contributed by atoms with Crippen molar-refractivity contribution in [1.82, 2.24) is 9.55 Å². The lowest BCUT2D eigenvalue weighted by molar-refractivity contribution is 0.0697. The third-order valence-corrected chi connectivity index (χ3v) is 3.21. The third-order valence-electron chi connectivity index (χ3n) is 3.21. The number of imidazole rings is 1. The maximum absolute atomic E-state index is 10.9. The van der Waals surface area contributed by atoms with E-state index in [1.165, 1.54) is 12.1 Å². The fourth-order valence-corrected chi connectivity index (χ4v) is 2.05. The molecule has 2 N–H and O–H groups in total. The second-order valence-electron chi connectivity index (χ2n) is 4.82. The first-order chi connectivity index (χ1) is 11.2. The van der Waals surface area contributed by atoms with Crippen LogP contribution in [0.1, 0.15) is 15.9 Å². The van der Waals surface area contributed by atoms with Crippen LogP contribution in [0.25, 0.3) is 5.69 Å². The lowest BCUT2D eigenvalue weighted by atomic mass is 10.2. The highest BCUT2D eigenvalue weighted by molar-refractivity contribution is 5.88. The summed E-state index contributed by atoms with van der Waals surface area (Å²) >= 11 is 0. The zero-order chi connectivity index (χ0) is 16.1. The van der Waals surface area contributed by atoms with E-state index in [0.29, 0.717) is 5.69 Å². The number of carboxylic acid groups (broad SMARTS) is 1. The number of aromatic carboxylic acids is 1. The number of hydrogen-bond acceptors (Lipinski definition) is 4. The lowest BCUT2D eigenvalue weighted by Gasteiger charge is -2.03. The summed E-state index contributed by atoms with van der Waals surface area (Å²) in [7, 11) is 0. The van der Waals surface area contributed by atoms with Crippen LogP contribution in [0, 0.1) is 0 Å². The molecule has 0 aliphatic rings. The van der Waals surface area contributed by atoms with Gasteiger partial charge in [0.25, 0.3) is 0 Å². The van der Waals surface area contributed by atoms with Gasteiger partial charge < -0.3 is 9.67 Å². The Morgan fingerprint density at radius 1 is 1.22 bits per heavy atom. The topological polar surface area (TPSA) is 79.5 Å². The highest BCUT2D eigenvalue weighted by Gasteiger charge is 2.02. The highest BCUT2D eigenvalue weighted by atomic mass is 16.4. The van der Waals surface area contributed by atoms with Crippen LogP contribution in [0.4, 0.5) is 5.69 Å². The molecule has 0 atom stereocenters. The number of carboxylic acids is 1. The zero-order valence-electron chi connectivity index (χ0n) is 12.1. The molecule has 1 aromatic heterocycles. The quantitative estimate of drug-likeness (QED) is 0.561. The Morgan fingerprint density at radius 3 is 2.74 bits per heavy atom. The van der Waals surface area contributed by atoms with Crippen molar-refractivity contribution in [3.05, 3.63) is 78.4 Å². The maximum atomic E-state index is 10.9. The number of carbonyl (C=O) groups is 1. The maximum Gasteiger partial charge on any atom is 0.335 e. The molecule has 23 heavy (non-hydrogen) atoms. The number of nitrogens with one attached hydrogen (secondary N) is 1. The summed E-state index contributed by atoms with van der Waals surface area (Å²) in [6, 6.07) is 14.3. The van der Waals surface area contributed by atoms with E-state index in [9.17, 15) is 4.79 Å². The number of rotatable bonds is 5. The van der Waals surface area contributed by atoms with E-state index >= 15 is 0 Å². The van der Waals surface area contributed by atoms with E-state index in [1.807, 2.05) is 35.0 Å². The molecular formula is C17H14N4O2. The zero-order valence-corrected chi connectivity index (χ0v) is 12.1. The van der Waals surface area contributed by atoms with Crippen molar-refractivity contribution in [2.75, 3.05) is 5.43 Å². The Kier molecular flexibility index (Phi) is 4.15. The minimum absolute atomic E-state index is 0.217. The van der Waals surface area contributed by atoms with Gasteiger partial charge in [-0.05, 0) is 35.9 Å². The normalized spacial score (nSPS) is 10.8. The van der Waals surface area contributed by atoms with E-state index in [0.717, 1.165) is 11.3 Å². The van der Waals surface area contributed by atoms with Crippen molar-refractivity contribution in [3.8, 4) is 5.69 Å². The second kappa shape index (κ2) is 6.57. The summed E-state index contributed by atoms with van der Waals surface area (Å²) in [5.74, 6) is -0.965. The van der Waals surface area contributed by atoms with Crippen molar-refractivity contribution < 1.29 is 9.90 Å². The minimum Gasteiger partial charge on any atom is -0.478 e. The predicted molar refractivity (Wildman–Crippen MR) is 88.2 cm³/mol. The largest absolute Gasteiger partial charge is 0.478 e. The molecule has 6 nitrogen and oxygen atoms in total. The van der Waals surface area contributed by atoms with Crippen LogP contribution in [-0.2, 0) is 0 Å². The first-order valence-corrected chi connectivity index (χ1v) is 6.93. The molecule has 0 aliphatic carbocycles. The van der Waals surface area contributed by atoms with Gasteiger partial charge in [-0.25, -0.2) is 9.78 Å². The highest BCUT2D eigenvalue weighted by Crippen LogP contribution is 2.11. The lowest BCUT2D eigenvalue weighted by Crippen LogP contribution is -1.97. The average Bonchev–Trinajstić information content (AvgIpc) is 3.10. The van der Waals surface area contributed by atoms with Crippen LogP contribution >= 0.6 is 0 Å². The molecule has 3 aromatic rings. The molecule has 2 aromatic carbocycles.